The Morgan fingerprint density at radius 1 is 1.26 bits per heavy atom. The summed E-state index contributed by atoms with van der Waals surface area (Å²) in [6.45, 7) is 0.598. The Balaban J connectivity index is 1.68. The van der Waals surface area contributed by atoms with Crippen molar-refractivity contribution in [2.75, 3.05) is 13.7 Å². The topological polar surface area (TPSA) is 71.2 Å². The van der Waals surface area contributed by atoms with Gasteiger partial charge in [0.25, 0.3) is 11.7 Å². The van der Waals surface area contributed by atoms with Gasteiger partial charge in [0.2, 0.25) is 0 Å². The summed E-state index contributed by atoms with van der Waals surface area (Å²) >= 11 is 0. The van der Waals surface area contributed by atoms with Crippen LogP contribution in [-0.4, -0.2) is 30.3 Å². The van der Waals surface area contributed by atoms with Gasteiger partial charge in [0.15, 0.2) is 0 Å². The van der Waals surface area contributed by atoms with Crippen molar-refractivity contribution in [3.05, 3.63) is 30.0 Å². The van der Waals surface area contributed by atoms with E-state index < -0.39 is 11.7 Å². The first-order valence-electron chi connectivity index (χ1n) is 8.16. The number of aromatic amines is 1. The number of amides is 1. The highest BCUT2D eigenvalue weighted by atomic mass is 16.5. The van der Waals surface area contributed by atoms with E-state index in [0.29, 0.717) is 23.8 Å². The minimum atomic E-state index is -0.521. The van der Waals surface area contributed by atoms with Crippen LogP contribution in [0.4, 0.5) is 0 Å². The van der Waals surface area contributed by atoms with Crippen molar-refractivity contribution in [2.24, 2.45) is 5.92 Å². The fourth-order valence-electron chi connectivity index (χ4n) is 3.25. The number of Topliss-reactive ketones (excluding diaryl/α,β-unsaturated/α-hetero) is 1. The molecule has 1 aliphatic carbocycles. The minimum Gasteiger partial charge on any atom is -0.497 e. The fourth-order valence-corrected chi connectivity index (χ4v) is 3.25. The molecule has 1 saturated carbocycles. The van der Waals surface area contributed by atoms with Crippen LogP contribution in [0.1, 0.15) is 42.5 Å². The van der Waals surface area contributed by atoms with Crippen molar-refractivity contribution in [1.29, 1.82) is 0 Å². The lowest BCUT2D eigenvalue weighted by Gasteiger charge is -2.21. The predicted molar refractivity (Wildman–Crippen MR) is 88.8 cm³/mol. The number of hydrogen-bond donors (Lipinski definition) is 2. The number of methoxy groups -OCH3 is 1. The number of aromatic nitrogens is 1. The van der Waals surface area contributed by atoms with Crippen LogP contribution in [0.2, 0.25) is 0 Å². The number of fused-ring (bicyclic) bond motifs is 1. The molecule has 0 aliphatic heterocycles. The molecule has 3 rings (SSSR count). The van der Waals surface area contributed by atoms with E-state index in [1.165, 1.54) is 19.3 Å². The molecule has 0 spiro atoms. The lowest BCUT2D eigenvalue weighted by molar-refractivity contribution is -0.117. The summed E-state index contributed by atoms with van der Waals surface area (Å²) < 4.78 is 5.16. The van der Waals surface area contributed by atoms with E-state index in [-0.39, 0.29) is 0 Å². The zero-order chi connectivity index (χ0) is 16.2. The highest BCUT2D eigenvalue weighted by Crippen LogP contribution is 2.24. The molecule has 0 saturated heterocycles. The molecule has 0 unspecified atom stereocenters. The zero-order valence-corrected chi connectivity index (χ0v) is 13.4. The molecule has 5 heteroatoms. The standard InChI is InChI=1S/C18H22N2O3/c1-23-13-7-8-14-15(11-19-16(14)9-13)17(21)18(22)20-10-12-5-3-2-4-6-12/h7-9,11-12,19H,2-6,10H2,1H3,(H,20,22). The van der Waals surface area contributed by atoms with Crippen LogP contribution in [-0.2, 0) is 4.79 Å². The minimum absolute atomic E-state index is 0.406. The first-order valence-corrected chi connectivity index (χ1v) is 8.16. The number of H-pyrrole nitrogens is 1. The van der Waals surface area contributed by atoms with E-state index in [1.807, 2.05) is 6.07 Å². The van der Waals surface area contributed by atoms with Crippen LogP contribution >= 0.6 is 0 Å². The van der Waals surface area contributed by atoms with Crippen molar-refractivity contribution in [3.63, 3.8) is 0 Å². The Bertz CT molecular complexity index is 714. The normalized spacial score (nSPS) is 15.5. The predicted octanol–water partition coefficient (Wildman–Crippen LogP) is 3.06. The van der Waals surface area contributed by atoms with Crippen LogP contribution in [0.25, 0.3) is 10.9 Å². The van der Waals surface area contributed by atoms with Gasteiger partial charge < -0.3 is 15.0 Å². The molecule has 1 aromatic heterocycles. The van der Waals surface area contributed by atoms with Crippen molar-refractivity contribution >= 4 is 22.6 Å². The molecule has 0 atom stereocenters. The van der Waals surface area contributed by atoms with Crippen LogP contribution in [0.3, 0.4) is 0 Å². The third kappa shape index (κ3) is 3.38. The molecule has 1 aliphatic rings. The molecule has 2 N–H and O–H groups in total. The highest BCUT2D eigenvalue weighted by Gasteiger charge is 2.21. The van der Waals surface area contributed by atoms with E-state index in [4.69, 9.17) is 4.74 Å². The monoisotopic (exact) mass is 314 g/mol. The van der Waals surface area contributed by atoms with E-state index in [1.54, 1.807) is 25.4 Å². The van der Waals surface area contributed by atoms with E-state index in [9.17, 15) is 9.59 Å². The Morgan fingerprint density at radius 3 is 2.78 bits per heavy atom. The average Bonchev–Trinajstić information content (AvgIpc) is 3.02. The highest BCUT2D eigenvalue weighted by molar-refractivity contribution is 6.44. The van der Waals surface area contributed by atoms with Crippen LogP contribution in [0.5, 0.6) is 5.75 Å². The van der Waals surface area contributed by atoms with Gasteiger partial charge in [-0.2, -0.15) is 0 Å². The summed E-state index contributed by atoms with van der Waals surface area (Å²) in [5, 5.41) is 3.54. The number of ketones is 1. The summed E-state index contributed by atoms with van der Waals surface area (Å²) in [5.74, 6) is 0.206. The van der Waals surface area contributed by atoms with Crippen molar-refractivity contribution in [2.45, 2.75) is 32.1 Å². The molecule has 0 bridgehead atoms. The maximum atomic E-state index is 12.4. The van der Waals surface area contributed by atoms with Gasteiger partial charge in [-0.1, -0.05) is 19.3 Å². The Kier molecular flexibility index (Phi) is 4.65. The maximum absolute atomic E-state index is 12.4. The third-order valence-electron chi connectivity index (χ3n) is 4.62. The average molecular weight is 314 g/mol. The second-order valence-corrected chi connectivity index (χ2v) is 6.16. The second kappa shape index (κ2) is 6.86. The molecule has 5 nitrogen and oxygen atoms in total. The molecular weight excluding hydrogens is 292 g/mol. The van der Waals surface area contributed by atoms with Gasteiger partial charge in [-0.05, 0) is 30.9 Å². The maximum Gasteiger partial charge on any atom is 0.292 e. The lowest BCUT2D eigenvalue weighted by Crippen LogP contribution is -2.35. The van der Waals surface area contributed by atoms with Gasteiger partial charge in [0.1, 0.15) is 5.75 Å². The smallest absolute Gasteiger partial charge is 0.292 e. The fraction of sp³-hybridized carbons (Fsp3) is 0.444. The quantitative estimate of drug-likeness (QED) is 0.658. The van der Waals surface area contributed by atoms with Crippen LogP contribution in [0, 0.1) is 5.92 Å². The number of benzene rings is 1. The summed E-state index contributed by atoms with van der Waals surface area (Å²) in [6.07, 6.45) is 7.59. The molecule has 1 fully saturated rings. The molecule has 1 amide bonds. The van der Waals surface area contributed by atoms with Crippen molar-refractivity contribution in [1.82, 2.24) is 10.3 Å². The van der Waals surface area contributed by atoms with E-state index in [0.717, 1.165) is 23.7 Å². The molecule has 1 heterocycles. The summed E-state index contributed by atoms with van der Waals surface area (Å²) in [6, 6.07) is 5.39. The first kappa shape index (κ1) is 15.6. The molecule has 2 aromatic rings. The molecule has 23 heavy (non-hydrogen) atoms. The van der Waals surface area contributed by atoms with Gasteiger partial charge in [-0.15, -0.1) is 0 Å². The largest absolute Gasteiger partial charge is 0.497 e. The van der Waals surface area contributed by atoms with Crippen molar-refractivity contribution < 1.29 is 14.3 Å². The SMILES string of the molecule is COc1ccc2c(C(=O)C(=O)NCC3CCCCC3)c[nH]c2c1. The third-order valence-corrected chi connectivity index (χ3v) is 4.62. The molecule has 0 radical (unpaired) electrons. The Hall–Kier alpha value is -2.30. The second-order valence-electron chi connectivity index (χ2n) is 6.16. The Labute approximate surface area is 135 Å². The zero-order valence-electron chi connectivity index (χ0n) is 13.4. The van der Waals surface area contributed by atoms with E-state index in [2.05, 4.69) is 10.3 Å². The number of rotatable bonds is 5. The van der Waals surface area contributed by atoms with Crippen LogP contribution < -0.4 is 10.1 Å². The number of ether oxygens (including phenoxy) is 1. The van der Waals surface area contributed by atoms with Gasteiger partial charge >= 0.3 is 0 Å². The van der Waals surface area contributed by atoms with E-state index >= 15 is 0 Å². The van der Waals surface area contributed by atoms with Gasteiger partial charge in [-0.25, -0.2) is 0 Å². The lowest BCUT2D eigenvalue weighted by atomic mass is 9.89. The number of carbonyl (C=O) groups is 2. The molecule has 122 valence electrons. The van der Waals surface area contributed by atoms with Gasteiger partial charge in [-0.3, -0.25) is 9.59 Å². The summed E-state index contributed by atoms with van der Waals surface area (Å²) in [4.78, 5) is 27.6. The number of nitrogens with one attached hydrogen (secondary N) is 2. The number of carbonyl (C=O) groups excluding carboxylic acids is 2. The molecular formula is C18H22N2O3. The Morgan fingerprint density at radius 2 is 2.04 bits per heavy atom. The summed E-state index contributed by atoms with van der Waals surface area (Å²) in [5.41, 5.74) is 1.19. The number of hydrogen-bond acceptors (Lipinski definition) is 3. The van der Waals surface area contributed by atoms with Crippen LogP contribution in [0.15, 0.2) is 24.4 Å². The molecule has 1 aromatic carbocycles. The van der Waals surface area contributed by atoms with Gasteiger partial charge in [0.05, 0.1) is 12.7 Å². The first-order chi connectivity index (χ1) is 11.2. The van der Waals surface area contributed by atoms with Crippen molar-refractivity contribution in [3.8, 4) is 5.75 Å². The summed E-state index contributed by atoms with van der Waals surface area (Å²) in [7, 11) is 1.59. The van der Waals surface area contributed by atoms with Gasteiger partial charge in [0, 0.05) is 29.7 Å².